The molecular weight excluding hydrogens is 322 g/mol. The van der Waals surface area contributed by atoms with Crippen LogP contribution in [0.25, 0.3) is 0 Å². The summed E-state index contributed by atoms with van der Waals surface area (Å²) in [5.41, 5.74) is 0.586. The zero-order valence-electron chi connectivity index (χ0n) is 14.8. The second kappa shape index (κ2) is 7.01. The molecule has 3 heterocycles. The summed E-state index contributed by atoms with van der Waals surface area (Å²) in [4.78, 5) is 23.6. The van der Waals surface area contributed by atoms with Gasteiger partial charge in [0.1, 0.15) is 17.3 Å². The van der Waals surface area contributed by atoms with Crippen LogP contribution >= 0.6 is 11.3 Å². The Morgan fingerprint density at radius 3 is 2.83 bits per heavy atom. The summed E-state index contributed by atoms with van der Waals surface area (Å²) in [6, 6.07) is 0.206. The van der Waals surface area contributed by atoms with Gasteiger partial charge in [0.05, 0.1) is 11.0 Å². The van der Waals surface area contributed by atoms with Crippen molar-refractivity contribution in [3.8, 4) is 0 Å². The van der Waals surface area contributed by atoms with E-state index in [4.69, 9.17) is 0 Å². The Morgan fingerprint density at radius 1 is 1.38 bits per heavy atom. The molecule has 0 unspecified atom stereocenters. The third kappa shape index (κ3) is 3.66. The lowest BCUT2D eigenvalue weighted by Crippen LogP contribution is -2.41. The summed E-state index contributed by atoms with van der Waals surface area (Å²) >= 11 is 1.59. The fourth-order valence-electron chi connectivity index (χ4n) is 3.23. The van der Waals surface area contributed by atoms with E-state index in [1.807, 2.05) is 28.8 Å². The van der Waals surface area contributed by atoms with Gasteiger partial charge in [0.2, 0.25) is 0 Å². The van der Waals surface area contributed by atoms with Gasteiger partial charge in [-0.3, -0.25) is 4.79 Å². The number of aromatic nitrogens is 4. The van der Waals surface area contributed by atoms with Gasteiger partial charge < -0.3 is 4.90 Å². The van der Waals surface area contributed by atoms with E-state index in [0.29, 0.717) is 18.2 Å². The first-order valence-corrected chi connectivity index (χ1v) is 9.45. The number of piperidine rings is 1. The van der Waals surface area contributed by atoms with E-state index in [1.54, 1.807) is 11.3 Å². The molecule has 1 fully saturated rings. The average molecular weight is 347 g/mol. The van der Waals surface area contributed by atoms with Crippen molar-refractivity contribution in [2.75, 3.05) is 13.1 Å². The molecular formula is C17H25N5OS. The minimum absolute atomic E-state index is 0.0421. The number of nitrogens with zero attached hydrogens (tertiary/aromatic N) is 5. The first-order valence-electron chi connectivity index (χ1n) is 8.57. The van der Waals surface area contributed by atoms with Crippen molar-refractivity contribution in [3.05, 3.63) is 27.7 Å². The molecule has 7 heteroatoms. The highest BCUT2D eigenvalue weighted by atomic mass is 32.1. The van der Waals surface area contributed by atoms with Gasteiger partial charge in [0.25, 0.3) is 5.91 Å². The van der Waals surface area contributed by atoms with Crippen LogP contribution in [-0.4, -0.2) is 43.6 Å². The highest BCUT2D eigenvalue weighted by Crippen LogP contribution is 2.24. The summed E-state index contributed by atoms with van der Waals surface area (Å²) < 4.78 is 1.97. The number of hydrogen-bond acceptors (Lipinski definition) is 5. The lowest BCUT2D eigenvalue weighted by molar-refractivity contribution is 0.0666. The molecule has 1 saturated heterocycles. The minimum Gasteiger partial charge on any atom is -0.335 e. The van der Waals surface area contributed by atoms with Gasteiger partial charge in [0.15, 0.2) is 0 Å². The van der Waals surface area contributed by atoms with E-state index < -0.39 is 0 Å². The molecule has 0 bridgehead atoms. The molecule has 0 saturated carbocycles. The molecule has 2 aromatic rings. The second-order valence-electron chi connectivity index (χ2n) is 6.92. The molecule has 1 amide bonds. The summed E-state index contributed by atoms with van der Waals surface area (Å²) in [5, 5.41) is 7.43. The van der Waals surface area contributed by atoms with Crippen molar-refractivity contribution in [3.63, 3.8) is 0 Å². The Balaban J connectivity index is 1.71. The number of thiazole rings is 1. The molecule has 0 spiro atoms. The van der Waals surface area contributed by atoms with Gasteiger partial charge >= 0.3 is 0 Å². The van der Waals surface area contributed by atoms with Crippen molar-refractivity contribution in [2.24, 2.45) is 5.92 Å². The molecule has 1 aliphatic rings. The van der Waals surface area contributed by atoms with Gasteiger partial charge in [-0.25, -0.2) is 14.6 Å². The van der Waals surface area contributed by atoms with Crippen LogP contribution in [0.3, 0.4) is 0 Å². The predicted molar refractivity (Wildman–Crippen MR) is 94.3 cm³/mol. The maximum Gasteiger partial charge on any atom is 0.273 e. The van der Waals surface area contributed by atoms with E-state index in [0.717, 1.165) is 42.5 Å². The normalized spacial score (nSPS) is 18.4. The number of rotatable bonds is 4. The molecule has 1 atom stereocenters. The predicted octanol–water partition coefficient (Wildman–Crippen LogP) is 3.03. The standard InChI is InChI=1S/C17H25N5OS/c1-11(2)8-16-19-15(10-24-16)17(23)21-7-5-6-14(9-21)22-13(4)18-12(3)20-22/h10-11,14H,5-9H2,1-4H3/t14-/m0/s1. The highest BCUT2D eigenvalue weighted by molar-refractivity contribution is 7.09. The maximum absolute atomic E-state index is 12.8. The van der Waals surface area contributed by atoms with E-state index in [2.05, 4.69) is 28.9 Å². The van der Waals surface area contributed by atoms with Crippen LogP contribution in [0.1, 0.15) is 59.9 Å². The van der Waals surface area contributed by atoms with Crippen molar-refractivity contribution >= 4 is 17.2 Å². The third-order valence-electron chi connectivity index (χ3n) is 4.29. The largest absolute Gasteiger partial charge is 0.335 e. The van der Waals surface area contributed by atoms with Gasteiger partial charge in [-0.15, -0.1) is 11.3 Å². The van der Waals surface area contributed by atoms with Crippen LogP contribution in [0.2, 0.25) is 0 Å². The number of carbonyl (C=O) groups excluding carboxylic acids is 1. The summed E-state index contributed by atoms with van der Waals surface area (Å²) in [6.45, 7) is 9.68. The van der Waals surface area contributed by atoms with E-state index in [9.17, 15) is 4.79 Å². The van der Waals surface area contributed by atoms with Crippen LogP contribution in [-0.2, 0) is 6.42 Å². The smallest absolute Gasteiger partial charge is 0.273 e. The van der Waals surface area contributed by atoms with Crippen molar-refractivity contribution in [2.45, 2.75) is 53.0 Å². The molecule has 2 aromatic heterocycles. The fourth-order valence-corrected chi connectivity index (χ4v) is 4.22. The molecule has 0 radical (unpaired) electrons. The summed E-state index contributed by atoms with van der Waals surface area (Å²) in [5.74, 6) is 2.30. The molecule has 130 valence electrons. The van der Waals surface area contributed by atoms with Gasteiger partial charge in [0, 0.05) is 24.9 Å². The van der Waals surface area contributed by atoms with E-state index in [1.165, 1.54) is 0 Å². The number of aryl methyl sites for hydroxylation is 2. The van der Waals surface area contributed by atoms with Crippen LogP contribution in [0, 0.1) is 19.8 Å². The van der Waals surface area contributed by atoms with Crippen molar-refractivity contribution in [1.82, 2.24) is 24.6 Å². The second-order valence-corrected chi connectivity index (χ2v) is 7.87. The molecule has 24 heavy (non-hydrogen) atoms. The Labute approximate surface area is 146 Å². The van der Waals surface area contributed by atoms with Crippen LogP contribution in [0.5, 0.6) is 0 Å². The van der Waals surface area contributed by atoms with E-state index >= 15 is 0 Å². The summed E-state index contributed by atoms with van der Waals surface area (Å²) in [6.07, 6.45) is 2.94. The SMILES string of the molecule is Cc1nc(C)n([C@H]2CCCN(C(=O)c3csc(CC(C)C)n3)C2)n1. The fraction of sp³-hybridized carbons (Fsp3) is 0.647. The summed E-state index contributed by atoms with van der Waals surface area (Å²) in [7, 11) is 0. The van der Waals surface area contributed by atoms with Crippen molar-refractivity contribution < 1.29 is 4.79 Å². The lowest BCUT2D eigenvalue weighted by Gasteiger charge is -2.32. The molecule has 0 aliphatic carbocycles. The van der Waals surface area contributed by atoms with Gasteiger partial charge in [-0.1, -0.05) is 13.8 Å². The topological polar surface area (TPSA) is 63.9 Å². The Kier molecular flexibility index (Phi) is 4.99. The Morgan fingerprint density at radius 2 is 2.17 bits per heavy atom. The van der Waals surface area contributed by atoms with Crippen molar-refractivity contribution in [1.29, 1.82) is 0 Å². The molecule has 3 rings (SSSR count). The quantitative estimate of drug-likeness (QED) is 0.853. The van der Waals surface area contributed by atoms with Crippen LogP contribution in [0.15, 0.2) is 5.38 Å². The number of likely N-dealkylation sites (tertiary alicyclic amines) is 1. The first kappa shape index (κ1) is 17.1. The maximum atomic E-state index is 12.8. The zero-order valence-corrected chi connectivity index (χ0v) is 15.6. The molecule has 6 nitrogen and oxygen atoms in total. The van der Waals surface area contributed by atoms with Crippen LogP contribution in [0.4, 0.5) is 0 Å². The number of amides is 1. The molecule has 0 N–H and O–H groups in total. The Bertz CT molecular complexity index is 720. The number of hydrogen-bond donors (Lipinski definition) is 0. The minimum atomic E-state index is 0.0421. The van der Waals surface area contributed by atoms with E-state index in [-0.39, 0.29) is 11.9 Å². The Hall–Kier alpha value is -1.76. The molecule has 1 aliphatic heterocycles. The average Bonchev–Trinajstić information content (AvgIpc) is 3.12. The molecule has 0 aromatic carbocycles. The lowest BCUT2D eigenvalue weighted by atomic mass is 10.1. The van der Waals surface area contributed by atoms with Crippen LogP contribution < -0.4 is 0 Å². The zero-order chi connectivity index (χ0) is 17.3. The number of carbonyl (C=O) groups is 1. The van der Waals surface area contributed by atoms with Gasteiger partial charge in [-0.2, -0.15) is 5.10 Å². The third-order valence-corrected chi connectivity index (χ3v) is 5.16. The van der Waals surface area contributed by atoms with Gasteiger partial charge in [-0.05, 0) is 32.6 Å². The first-order chi connectivity index (χ1) is 11.4. The monoisotopic (exact) mass is 347 g/mol. The highest BCUT2D eigenvalue weighted by Gasteiger charge is 2.28.